The third kappa shape index (κ3) is 3.40. The number of aromatic nitrogens is 1. The molecule has 1 amide bonds. The standard InChI is InChI=1S/C13H10Br2N2O/c1-8-2-10(14)5-12(3-8)17-13(18)9-4-11(15)7-16-6-9/h2-7H,1H3,(H,17,18). The monoisotopic (exact) mass is 368 g/mol. The van der Waals surface area contributed by atoms with E-state index in [1.165, 1.54) is 6.20 Å². The number of hydrogen-bond donors (Lipinski definition) is 1. The summed E-state index contributed by atoms with van der Waals surface area (Å²) in [5.41, 5.74) is 2.35. The van der Waals surface area contributed by atoms with Crippen LogP contribution in [0.3, 0.4) is 0 Å². The predicted octanol–water partition coefficient (Wildman–Crippen LogP) is 4.17. The minimum atomic E-state index is -0.179. The molecule has 1 heterocycles. The Bertz CT molecular complexity index is 579. The Balaban J connectivity index is 2.21. The van der Waals surface area contributed by atoms with E-state index in [4.69, 9.17) is 0 Å². The largest absolute Gasteiger partial charge is 0.322 e. The molecule has 92 valence electrons. The summed E-state index contributed by atoms with van der Waals surface area (Å²) in [6, 6.07) is 7.48. The smallest absolute Gasteiger partial charge is 0.257 e. The van der Waals surface area contributed by atoms with E-state index in [2.05, 4.69) is 42.2 Å². The van der Waals surface area contributed by atoms with Gasteiger partial charge in [-0.3, -0.25) is 9.78 Å². The topological polar surface area (TPSA) is 42.0 Å². The average molecular weight is 370 g/mol. The number of nitrogens with one attached hydrogen (secondary N) is 1. The SMILES string of the molecule is Cc1cc(Br)cc(NC(=O)c2cncc(Br)c2)c1. The fourth-order valence-corrected chi connectivity index (χ4v) is 2.52. The van der Waals surface area contributed by atoms with E-state index in [0.29, 0.717) is 5.56 Å². The van der Waals surface area contributed by atoms with Crippen LogP contribution in [0.2, 0.25) is 0 Å². The van der Waals surface area contributed by atoms with E-state index in [9.17, 15) is 4.79 Å². The molecule has 0 spiro atoms. The van der Waals surface area contributed by atoms with Crippen molar-refractivity contribution in [2.45, 2.75) is 6.92 Å². The molecule has 0 aliphatic rings. The molecule has 5 heteroatoms. The summed E-state index contributed by atoms with van der Waals surface area (Å²) in [5, 5.41) is 2.84. The summed E-state index contributed by atoms with van der Waals surface area (Å²) in [7, 11) is 0. The van der Waals surface area contributed by atoms with Crippen molar-refractivity contribution in [2.24, 2.45) is 0 Å². The summed E-state index contributed by atoms with van der Waals surface area (Å²) in [4.78, 5) is 16.0. The molecule has 18 heavy (non-hydrogen) atoms. The highest BCUT2D eigenvalue weighted by Crippen LogP contribution is 2.20. The molecule has 0 radical (unpaired) electrons. The zero-order valence-corrected chi connectivity index (χ0v) is 12.7. The Labute approximate surface area is 122 Å². The lowest BCUT2D eigenvalue weighted by molar-refractivity contribution is 0.102. The zero-order chi connectivity index (χ0) is 13.1. The number of pyridine rings is 1. The van der Waals surface area contributed by atoms with Gasteiger partial charge in [0.15, 0.2) is 0 Å². The van der Waals surface area contributed by atoms with Crippen LogP contribution in [0.15, 0.2) is 45.6 Å². The van der Waals surface area contributed by atoms with Crippen molar-refractivity contribution >= 4 is 43.5 Å². The van der Waals surface area contributed by atoms with E-state index in [1.807, 2.05) is 25.1 Å². The second-order valence-corrected chi connectivity index (χ2v) is 5.69. The summed E-state index contributed by atoms with van der Waals surface area (Å²) in [6.07, 6.45) is 3.17. The van der Waals surface area contributed by atoms with Gasteiger partial charge in [-0.05, 0) is 52.7 Å². The Morgan fingerprint density at radius 2 is 1.89 bits per heavy atom. The average Bonchev–Trinajstić information content (AvgIpc) is 2.27. The number of nitrogens with zero attached hydrogens (tertiary/aromatic N) is 1. The first-order valence-electron chi connectivity index (χ1n) is 5.24. The first-order chi connectivity index (χ1) is 8.54. The molecule has 0 fully saturated rings. The van der Waals surface area contributed by atoms with Crippen LogP contribution in [0.25, 0.3) is 0 Å². The van der Waals surface area contributed by atoms with Crippen LogP contribution in [0.5, 0.6) is 0 Å². The molecule has 2 aromatic rings. The Morgan fingerprint density at radius 3 is 2.56 bits per heavy atom. The molecule has 0 aliphatic carbocycles. The molecular formula is C13H10Br2N2O. The Hall–Kier alpha value is -1.20. The maximum absolute atomic E-state index is 12.0. The van der Waals surface area contributed by atoms with Crippen LogP contribution in [-0.2, 0) is 0 Å². The number of benzene rings is 1. The van der Waals surface area contributed by atoms with Crippen LogP contribution in [0.4, 0.5) is 5.69 Å². The lowest BCUT2D eigenvalue weighted by Gasteiger charge is -2.07. The van der Waals surface area contributed by atoms with Crippen molar-refractivity contribution in [3.63, 3.8) is 0 Å². The molecule has 1 N–H and O–H groups in total. The number of anilines is 1. The molecule has 0 atom stereocenters. The Kier molecular flexibility index (Phi) is 4.14. The van der Waals surface area contributed by atoms with Crippen LogP contribution >= 0.6 is 31.9 Å². The van der Waals surface area contributed by atoms with E-state index < -0.39 is 0 Å². The molecule has 0 bridgehead atoms. The maximum atomic E-state index is 12.0. The van der Waals surface area contributed by atoms with E-state index in [1.54, 1.807) is 12.3 Å². The van der Waals surface area contributed by atoms with Crippen LogP contribution in [0, 0.1) is 6.92 Å². The van der Waals surface area contributed by atoms with Gasteiger partial charge < -0.3 is 5.32 Å². The highest BCUT2D eigenvalue weighted by molar-refractivity contribution is 9.10. The van der Waals surface area contributed by atoms with E-state index in [0.717, 1.165) is 20.2 Å². The molecule has 0 unspecified atom stereocenters. The van der Waals surface area contributed by atoms with E-state index >= 15 is 0 Å². The number of aryl methyl sites for hydroxylation is 1. The second-order valence-electron chi connectivity index (χ2n) is 3.86. The first-order valence-corrected chi connectivity index (χ1v) is 6.82. The molecule has 0 saturated carbocycles. The van der Waals surface area contributed by atoms with Crippen molar-refractivity contribution < 1.29 is 4.79 Å². The van der Waals surface area contributed by atoms with Crippen molar-refractivity contribution in [1.29, 1.82) is 0 Å². The quantitative estimate of drug-likeness (QED) is 0.863. The Morgan fingerprint density at radius 1 is 1.11 bits per heavy atom. The summed E-state index contributed by atoms with van der Waals surface area (Å²) in [6.45, 7) is 1.97. The third-order valence-corrected chi connectivity index (χ3v) is 3.16. The fourth-order valence-electron chi connectivity index (χ4n) is 1.55. The number of rotatable bonds is 2. The molecule has 1 aromatic carbocycles. The number of hydrogen-bond acceptors (Lipinski definition) is 2. The van der Waals surface area contributed by atoms with Crippen LogP contribution in [-0.4, -0.2) is 10.9 Å². The number of halogens is 2. The highest BCUT2D eigenvalue weighted by atomic mass is 79.9. The highest BCUT2D eigenvalue weighted by Gasteiger charge is 2.07. The normalized spacial score (nSPS) is 10.2. The maximum Gasteiger partial charge on any atom is 0.257 e. The van der Waals surface area contributed by atoms with Crippen molar-refractivity contribution in [2.75, 3.05) is 5.32 Å². The van der Waals surface area contributed by atoms with Gasteiger partial charge in [-0.15, -0.1) is 0 Å². The van der Waals surface area contributed by atoms with Gasteiger partial charge in [0.1, 0.15) is 0 Å². The molecule has 3 nitrogen and oxygen atoms in total. The lowest BCUT2D eigenvalue weighted by atomic mass is 10.2. The molecular weight excluding hydrogens is 360 g/mol. The third-order valence-electron chi connectivity index (χ3n) is 2.27. The minimum Gasteiger partial charge on any atom is -0.322 e. The predicted molar refractivity (Wildman–Crippen MR) is 78.8 cm³/mol. The van der Waals surface area contributed by atoms with Crippen molar-refractivity contribution in [3.8, 4) is 0 Å². The van der Waals surface area contributed by atoms with Crippen molar-refractivity contribution in [1.82, 2.24) is 4.98 Å². The number of carbonyl (C=O) groups is 1. The summed E-state index contributed by atoms with van der Waals surface area (Å²) >= 11 is 6.69. The van der Waals surface area contributed by atoms with Gasteiger partial charge in [0.2, 0.25) is 0 Å². The summed E-state index contributed by atoms with van der Waals surface area (Å²) in [5.74, 6) is -0.179. The fraction of sp³-hybridized carbons (Fsp3) is 0.0769. The number of carbonyl (C=O) groups excluding carboxylic acids is 1. The molecule has 0 aliphatic heterocycles. The number of amides is 1. The molecule has 2 rings (SSSR count). The van der Waals surface area contributed by atoms with Gasteiger partial charge in [0, 0.05) is 27.0 Å². The summed E-state index contributed by atoms with van der Waals surface area (Å²) < 4.78 is 1.71. The minimum absolute atomic E-state index is 0.179. The first kappa shape index (κ1) is 13.2. The van der Waals surface area contributed by atoms with Gasteiger partial charge in [-0.25, -0.2) is 0 Å². The van der Waals surface area contributed by atoms with E-state index in [-0.39, 0.29) is 5.91 Å². The molecule has 1 aromatic heterocycles. The second kappa shape index (κ2) is 5.63. The van der Waals surface area contributed by atoms with Gasteiger partial charge in [-0.2, -0.15) is 0 Å². The zero-order valence-electron chi connectivity index (χ0n) is 9.58. The van der Waals surface area contributed by atoms with Crippen LogP contribution < -0.4 is 5.32 Å². The van der Waals surface area contributed by atoms with Crippen LogP contribution in [0.1, 0.15) is 15.9 Å². The lowest BCUT2D eigenvalue weighted by Crippen LogP contribution is -2.12. The van der Waals surface area contributed by atoms with Gasteiger partial charge >= 0.3 is 0 Å². The van der Waals surface area contributed by atoms with Crippen molar-refractivity contribution in [3.05, 3.63) is 56.7 Å². The van der Waals surface area contributed by atoms with Gasteiger partial charge in [-0.1, -0.05) is 15.9 Å². The molecule has 0 saturated heterocycles. The van der Waals surface area contributed by atoms with Gasteiger partial charge in [0.05, 0.1) is 5.56 Å². The van der Waals surface area contributed by atoms with Gasteiger partial charge in [0.25, 0.3) is 5.91 Å².